The molecule has 116 valence electrons. The Balaban J connectivity index is 2.04. The largest absolute Gasteiger partial charge is 0.289 e. The van der Waals surface area contributed by atoms with Gasteiger partial charge in [-0.05, 0) is 23.3 Å². The molecule has 4 rings (SSSR count). The van der Waals surface area contributed by atoms with E-state index in [-0.39, 0.29) is 22.2 Å². The first-order chi connectivity index (χ1) is 11.6. The van der Waals surface area contributed by atoms with Crippen LogP contribution in [0.25, 0.3) is 11.1 Å². The first-order valence-corrected chi connectivity index (χ1v) is 8.21. The van der Waals surface area contributed by atoms with Crippen LogP contribution < -0.4 is 0 Å². The van der Waals surface area contributed by atoms with Crippen LogP contribution in [0.5, 0.6) is 0 Å². The van der Waals surface area contributed by atoms with Gasteiger partial charge in [-0.3, -0.25) is 9.59 Å². The van der Waals surface area contributed by atoms with Crippen molar-refractivity contribution < 1.29 is 9.59 Å². The van der Waals surface area contributed by atoms with Crippen molar-refractivity contribution in [2.45, 2.75) is 4.90 Å². The average Bonchev–Trinajstić information content (AvgIpc) is 2.62. The van der Waals surface area contributed by atoms with Gasteiger partial charge in [-0.2, -0.15) is 0 Å². The highest BCUT2D eigenvalue weighted by Crippen LogP contribution is 2.38. The Morgan fingerprint density at radius 3 is 2.08 bits per heavy atom. The van der Waals surface area contributed by atoms with E-state index < -0.39 is 0 Å². The van der Waals surface area contributed by atoms with E-state index in [1.54, 1.807) is 24.3 Å². The monoisotopic (exact) mass is 350 g/mol. The maximum atomic E-state index is 13.2. The van der Waals surface area contributed by atoms with Gasteiger partial charge in [-0.1, -0.05) is 60.1 Å². The molecule has 24 heavy (non-hydrogen) atoms. The van der Waals surface area contributed by atoms with Crippen molar-refractivity contribution >= 4 is 35.8 Å². The SMILES string of the molecule is O=C1c2cccc(-c3ccccc3)c2C(=O)c2c1ccc(S)c2Cl. The quantitative estimate of drug-likeness (QED) is 0.486. The molecule has 3 aromatic rings. The first kappa shape index (κ1) is 15.2. The van der Waals surface area contributed by atoms with Crippen molar-refractivity contribution in [2.24, 2.45) is 0 Å². The van der Waals surface area contributed by atoms with Gasteiger partial charge in [0.1, 0.15) is 0 Å². The Kier molecular flexibility index (Phi) is 3.56. The van der Waals surface area contributed by atoms with Crippen LogP contribution in [0.2, 0.25) is 5.02 Å². The second-order valence-electron chi connectivity index (χ2n) is 5.57. The fourth-order valence-electron chi connectivity index (χ4n) is 3.09. The molecule has 0 N–H and O–H groups in total. The van der Waals surface area contributed by atoms with Crippen molar-refractivity contribution in [3.8, 4) is 11.1 Å². The van der Waals surface area contributed by atoms with Gasteiger partial charge in [-0.25, -0.2) is 0 Å². The highest BCUT2D eigenvalue weighted by Gasteiger charge is 2.33. The fourth-order valence-corrected chi connectivity index (χ4v) is 3.53. The van der Waals surface area contributed by atoms with Crippen molar-refractivity contribution in [3.63, 3.8) is 0 Å². The predicted molar refractivity (Wildman–Crippen MR) is 97.4 cm³/mol. The zero-order valence-electron chi connectivity index (χ0n) is 12.4. The molecule has 0 aliphatic heterocycles. The number of carbonyl (C=O) groups excluding carboxylic acids is 2. The van der Waals surface area contributed by atoms with Gasteiger partial charge in [-0.15, -0.1) is 12.6 Å². The number of carbonyl (C=O) groups is 2. The third kappa shape index (κ3) is 2.13. The highest BCUT2D eigenvalue weighted by atomic mass is 35.5. The highest BCUT2D eigenvalue weighted by molar-refractivity contribution is 7.80. The fraction of sp³-hybridized carbons (Fsp3) is 0. The van der Waals surface area contributed by atoms with E-state index in [0.29, 0.717) is 21.6 Å². The van der Waals surface area contributed by atoms with Crippen molar-refractivity contribution in [1.82, 2.24) is 0 Å². The molecule has 0 bridgehead atoms. The summed E-state index contributed by atoms with van der Waals surface area (Å²) in [5, 5.41) is 0.225. The van der Waals surface area contributed by atoms with Gasteiger partial charge in [0.05, 0.1) is 10.6 Å². The summed E-state index contributed by atoms with van der Waals surface area (Å²) in [6, 6.07) is 18.1. The number of benzene rings is 3. The van der Waals surface area contributed by atoms with Crippen LogP contribution in [-0.4, -0.2) is 11.6 Å². The molecule has 0 spiro atoms. The minimum absolute atomic E-state index is 0.187. The van der Waals surface area contributed by atoms with E-state index in [1.165, 1.54) is 0 Å². The molecule has 0 amide bonds. The first-order valence-electron chi connectivity index (χ1n) is 7.39. The lowest BCUT2D eigenvalue weighted by Crippen LogP contribution is -2.22. The third-order valence-electron chi connectivity index (χ3n) is 4.21. The van der Waals surface area contributed by atoms with E-state index in [4.69, 9.17) is 11.6 Å². The Hall–Kier alpha value is -2.36. The minimum Gasteiger partial charge on any atom is -0.289 e. The lowest BCUT2D eigenvalue weighted by atomic mass is 9.80. The summed E-state index contributed by atoms with van der Waals surface area (Å²) in [6.45, 7) is 0. The zero-order chi connectivity index (χ0) is 16.8. The number of hydrogen-bond donors (Lipinski definition) is 1. The summed E-state index contributed by atoms with van der Waals surface area (Å²) >= 11 is 10.6. The summed E-state index contributed by atoms with van der Waals surface area (Å²) in [5.41, 5.74) is 3.01. The maximum Gasteiger partial charge on any atom is 0.196 e. The van der Waals surface area contributed by atoms with Crippen LogP contribution >= 0.6 is 24.2 Å². The van der Waals surface area contributed by atoms with Gasteiger partial charge >= 0.3 is 0 Å². The van der Waals surface area contributed by atoms with Crippen LogP contribution in [0.4, 0.5) is 0 Å². The second-order valence-corrected chi connectivity index (χ2v) is 6.43. The number of thiol groups is 1. The molecular weight excluding hydrogens is 340 g/mol. The minimum atomic E-state index is -0.236. The molecule has 3 aromatic carbocycles. The van der Waals surface area contributed by atoms with Crippen LogP contribution in [0.3, 0.4) is 0 Å². The molecule has 0 aromatic heterocycles. The normalized spacial score (nSPS) is 12.8. The molecule has 0 saturated heterocycles. The molecular formula is C20H11ClO2S. The molecule has 0 heterocycles. The lowest BCUT2D eigenvalue weighted by molar-refractivity contribution is 0.0979. The van der Waals surface area contributed by atoms with Gasteiger partial charge in [0.25, 0.3) is 0 Å². The topological polar surface area (TPSA) is 34.1 Å². The Bertz CT molecular complexity index is 1010. The van der Waals surface area contributed by atoms with Crippen LogP contribution in [0.15, 0.2) is 65.6 Å². The number of ketones is 2. The predicted octanol–water partition coefficient (Wildman–Crippen LogP) is 5.07. The molecule has 0 fully saturated rings. The molecule has 1 aliphatic carbocycles. The van der Waals surface area contributed by atoms with Crippen molar-refractivity contribution in [1.29, 1.82) is 0 Å². The average molecular weight is 351 g/mol. The van der Waals surface area contributed by atoms with Crippen LogP contribution in [0.1, 0.15) is 31.8 Å². The summed E-state index contributed by atoms with van der Waals surface area (Å²) in [4.78, 5) is 26.5. The second kappa shape index (κ2) is 5.62. The van der Waals surface area contributed by atoms with Gasteiger partial charge < -0.3 is 0 Å². The molecule has 0 saturated carbocycles. The standard InChI is InChI=1S/C20H11ClO2S/c21-18-15(24)10-9-14-17(18)20(23)16-12(11-5-2-1-3-6-11)7-4-8-13(16)19(14)22/h1-10,24H. The van der Waals surface area contributed by atoms with Gasteiger partial charge in [0.2, 0.25) is 0 Å². The molecule has 1 aliphatic rings. The van der Waals surface area contributed by atoms with E-state index in [1.807, 2.05) is 36.4 Å². The summed E-state index contributed by atoms with van der Waals surface area (Å²) in [5.74, 6) is -0.424. The summed E-state index contributed by atoms with van der Waals surface area (Å²) in [6.07, 6.45) is 0. The van der Waals surface area contributed by atoms with Crippen LogP contribution in [0, 0.1) is 0 Å². The zero-order valence-corrected chi connectivity index (χ0v) is 14.1. The summed E-state index contributed by atoms with van der Waals surface area (Å²) in [7, 11) is 0. The lowest BCUT2D eigenvalue weighted by Gasteiger charge is -2.21. The van der Waals surface area contributed by atoms with E-state index in [9.17, 15) is 9.59 Å². The number of fused-ring (bicyclic) bond motifs is 2. The Morgan fingerprint density at radius 1 is 0.667 bits per heavy atom. The third-order valence-corrected chi connectivity index (χ3v) is 5.11. The maximum absolute atomic E-state index is 13.2. The molecule has 0 atom stereocenters. The summed E-state index contributed by atoms with van der Waals surface area (Å²) < 4.78 is 0. The number of rotatable bonds is 1. The number of halogens is 1. The molecule has 4 heteroatoms. The smallest absolute Gasteiger partial charge is 0.196 e. The van der Waals surface area contributed by atoms with Crippen molar-refractivity contribution in [2.75, 3.05) is 0 Å². The van der Waals surface area contributed by atoms with Gasteiger partial charge in [0.15, 0.2) is 11.6 Å². The molecule has 0 unspecified atom stereocenters. The van der Waals surface area contributed by atoms with Crippen LogP contribution in [-0.2, 0) is 0 Å². The van der Waals surface area contributed by atoms with E-state index in [0.717, 1.165) is 11.1 Å². The Labute approximate surface area is 149 Å². The van der Waals surface area contributed by atoms with E-state index in [2.05, 4.69) is 12.6 Å². The Morgan fingerprint density at radius 2 is 1.33 bits per heavy atom. The molecule has 0 radical (unpaired) electrons. The van der Waals surface area contributed by atoms with Crippen molar-refractivity contribution in [3.05, 3.63) is 87.9 Å². The van der Waals surface area contributed by atoms with E-state index >= 15 is 0 Å². The number of hydrogen-bond acceptors (Lipinski definition) is 3. The molecule has 2 nitrogen and oxygen atoms in total. The van der Waals surface area contributed by atoms with Gasteiger partial charge in [0, 0.05) is 21.6 Å².